The highest BCUT2D eigenvalue weighted by Gasteiger charge is 2.32. The molecule has 5 rings (SSSR count). The molecular formula is C29H31N7O2. The second kappa shape index (κ2) is 10.5. The quantitative estimate of drug-likeness (QED) is 0.349. The van der Waals surface area contributed by atoms with E-state index in [0.717, 1.165) is 33.5 Å². The Morgan fingerprint density at radius 1 is 1.05 bits per heavy atom. The van der Waals surface area contributed by atoms with E-state index in [1.807, 2.05) is 72.8 Å². The Morgan fingerprint density at radius 3 is 2.47 bits per heavy atom. The van der Waals surface area contributed by atoms with E-state index in [2.05, 4.69) is 25.9 Å². The van der Waals surface area contributed by atoms with Crippen LogP contribution in [0.4, 0.5) is 5.69 Å². The standard InChI is InChI=1S/C29H31N7O2/c1-29(2,30)17-26(37)31-24-16-15-21-7-3-6-10-25(21)36(28(24)38)18-19-11-13-20(14-12-19)22-8-4-5-9-23(22)27-32-34-35-33-27/h3-14,24H,15-18,30H2,1-2H3,(H,31,37)(H,32,33,34,35)/t24-/m0/s1. The molecule has 2 heterocycles. The van der Waals surface area contributed by atoms with Crippen molar-refractivity contribution in [2.45, 2.75) is 51.2 Å². The van der Waals surface area contributed by atoms with Gasteiger partial charge in [0.15, 0.2) is 0 Å². The molecule has 9 nitrogen and oxygen atoms in total. The second-order valence-electron chi connectivity index (χ2n) is 10.4. The molecule has 2 amide bonds. The first kappa shape index (κ1) is 25.3. The summed E-state index contributed by atoms with van der Waals surface area (Å²) >= 11 is 0. The summed E-state index contributed by atoms with van der Waals surface area (Å²) in [5.74, 6) is 0.193. The SMILES string of the molecule is CC(C)(N)CC(=O)N[C@H]1CCc2ccccc2N(Cc2ccc(-c3ccccc3-c3nn[nH]n3)cc2)C1=O. The van der Waals surface area contributed by atoms with Crippen LogP contribution in [0, 0.1) is 0 Å². The van der Waals surface area contributed by atoms with E-state index in [1.165, 1.54) is 0 Å². The lowest BCUT2D eigenvalue weighted by Gasteiger charge is -2.27. The van der Waals surface area contributed by atoms with E-state index in [1.54, 1.807) is 18.7 Å². The van der Waals surface area contributed by atoms with Gasteiger partial charge in [-0.2, -0.15) is 5.21 Å². The Balaban J connectivity index is 1.40. The Hall–Kier alpha value is -4.37. The highest BCUT2D eigenvalue weighted by atomic mass is 16.2. The van der Waals surface area contributed by atoms with Crippen LogP contribution in [0.15, 0.2) is 72.8 Å². The van der Waals surface area contributed by atoms with E-state index >= 15 is 0 Å². The second-order valence-corrected chi connectivity index (χ2v) is 10.4. The maximum atomic E-state index is 13.7. The van der Waals surface area contributed by atoms with Crippen molar-refractivity contribution in [2.75, 3.05) is 4.90 Å². The number of amides is 2. The molecule has 1 aromatic heterocycles. The van der Waals surface area contributed by atoms with E-state index in [-0.39, 0.29) is 18.2 Å². The van der Waals surface area contributed by atoms with Gasteiger partial charge in [0, 0.05) is 23.2 Å². The van der Waals surface area contributed by atoms with Crippen molar-refractivity contribution in [3.05, 3.63) is 83.9 Å². The zero-order valence-electron chi connectivity index (χ0n) is 21.5. The van der Waals surface area contributed by atoms with Gasteiger partial charge in [0.25, 0.3) is 0 Å². The molecule has 0 spiro atoms. The number of aryl methyl sites for hydroxylation is 1. The van der Waals surface area contributed by atoms with Gasteiger partial charge in [-0.05, 0) is 60.2 Å². The van der Waals surface area contributed by atoms with Crippen LogP contribution in [-0.2, 0) is 22.6 Å². The van der Waals surface area contributed by atoms with Crippen molar-refractivity contribution >= 4 is 17.5 Å². The molecule has 4 aromatic rings. The van der Waals surface area contributed by atoms with Crippen molar-refractivity contribution in [3.63, 3.8) is 0 Å². The molecule has 3 aromatic carbocycles. The summed E-state index contributed by atoms with van der Waals surface area (Å²) in [7, 11) is 0. The van der Waals surface area contributed by atoms with E-state index in [4.69, 9.17) is 5.73 Å². The number of carbonyl (C=O) groups is 2. The highest BCUT2D eigenvalue weighted by molar-refractivity contribution is 6.00. The summed E-state index contributed by atoms with van der Waals surface area (Å²) in [4.78, 5) is 28.1. The van der Waals surface area contributed by atoms with Gasteiger partial charge in [0.05, 0.1) is 6.54 Å². The van der Waals surface area contributed by atoms with E-state index in [9.17, 15) is 9.59 Å². The molecule has 0 radical (unpaired) electrons. The number of benzene rings is 3. The molecule has 0 bridgehead atoms. The normalized spacial score (nSPS) is 15.6. The third-order valence-corrected chi connectivity index (χ3v) is 6.62. The summed E-state index contributed by atoms with van der Waals surface area (Å²) in [6.07, 6.45) is 1.38. The molecular weight excluding hydrogens is 478 g/mol. The number of tetrazole rings is 1. The van der Waals surface area contributed by atoms with Crippen molar-refractivity contribution in [1.82, 2.24) is 25.9 Å². The van der Waals surface area contributed by atoms with Crippen LogP contribution >= 0.6 is 0 Å². The number of aromatic nitrogens is 4. The van der Waals surface area contributed by atoms with Crippen LogP contribution in [0.2, 0.25) is 0 Å². The summed E-state index contributed by atoms with van der Waals surface area (Å²) in [6.45, 7) is 3.99. The molecule has 0 saturated carbocycles. The molecule has 0 saturated heterocycles. The maximum absolute atomic E-state index is 13.7. The largest absolute Gasteiger partial charge is 0.344 e. The number of nitrogens with two attached hydrogens (primary N) is 1. The van der Waals surface area contributed by atoms with Gasteiger partial charge >= 0.3 is 0 Å². The van der Waals surface area contributed by atoms with Crippen molar-refractivity contribution in [2.24, 2.45) is 5.73 Å². The summed E-state index contributed by atoms with van der Waals surface area (Å²) in [6, 6.07) is 23.3. The number of H-pyrrole nitrogens is 1. The first-order valence-electron chi connectivity index (χ1n) is 12.7. The van der Waals surface area contributed by atoms with Crippen LogP contribution in [-0.4, -0.2) is 44.0 Å². The Labute approximate surface area is 221 Å². The number of para-hydroxylation sites is 1. The summed E-state index contributed by atoms with van der Waals surface area (Å²) < 4.78 is 0. The predicted octanol–water partition coefficient (Wildman–Crippen LogP) is 3.63. The van der Waals surface area contributed by atoms with Gasteiger partial charge in [-0.3, -0.25) is 9.59 Å². The first-order valence-corrected chi connectivity index (χ1v) is 12.7. The van der Waals surface area contributed by atoms with Gasteiger partial charge in [-0.15, -0.1) is 10.2 Å². The number of fused-ring (bicyclic) bond motifs is 1. The van der Waals surface area contributed by atoms with Gasteiger partial charge in [0.2, 0.25) is 17.6 Å². The number of anilines is 1. The Bertz CT molecular complexity index is 1430. The predicted molar refractivity (Wildman–Crippen MR) is 146 cm³/mol. The maximum Gasteiger partial charge on any atom is 0.249 e. The minimum Gasteiger partial charge on any atom is -0.344 e. The number of hydrogen-bond donors (Lipinski definition) is 3. The van der Waals surface area contributed by atoms with Gasteiger partial charge in [-0.25, -0.2) is 0 Å². The zero-order chi connectivity index (χ0) is 26.7. The van der Waals surface area contributed by atoms with Gasteiger partial charge in [0.1, 0.15) is 6.04 Å². The van der Waals surface area contributed by atoms with Crippen LogP contribution in [0.25, 0.3) is 22.5 Å². The van der Waals surface area contributed by atoms with E-state index < -0.39 is 11.6 Å². The van der Waals surface area contributed by atoms with Crippen LogP contribution in [0.5, 0.6) is 0 Å². The Morgan fingerprint density at radius 2 is 1.76 bits per heavy atom. The minimum absolute atomic E-state index is 0.121. The average Bonchev–Trinajstić information content (AvgIpc) is 3.40. The number of rotatable bonds is 7. The summed E-state index contributed by atoms with van der Waals surface area (Å²) in [5, 5.41) is 17.4. The molecule has 38 heavy (non-hydrogen) atoms. The third kappa shape index (κ3) is 5.63. The number of nitrogens with zero attached hydrogens (tertiary/aromatic N) is 4. The molecule has 4 N–H and O–H groups in total. The molecule has 1 atom stereocenters. The number of nitrogens with one attached hydrogen (secondary N) is 2. The van der Waals surface area contributed by atoms with Crippen LogP contribution in [0.1, 0.15) is 37.8 Å². The zero-order valence-corrected chi connectivity index (χ0v) is 21.5. The lowest BCUT2D eigenvalue weighted by atomic mass is 9.98. The number of carbonyl (C=O) groups excluding carboxylic acids is 2. The van der Waals surface area contributed by atoms with Crippen molar-refractivity contribution in [1.29, 1.82) is 0 Å². The third-order valence-electron chi connectivity index (χ3n) is 6.62. The minimum atomic E-state index is -0.648. The molecule has 9 heteroatoms. The molecule has 0 fully saturated rings. The fourth-order valence-corrected chi connectivity index (χ4v) is 4.85. The van der Waals surface area contributed by atoms with Crippen molar-refractivity contribution in [3.8, 4) is 22.5 Å². The highest BCUT2D eigenvalue weighted by Crippen LogP contribution is 2.32. The lowest BCUT2D eigenvalue weighted by Crippen LogP contribution is -2.49. The molecule has 1 aliphatic rings. The fourth-order valence-electron chi connectivity index (χ4n) is 4.85. The van der Waals surface area contributed by atoms with Gasteiger partial charge in [-0.1, -0.05) is 66.7 Å². The molecule has 1 aliphatic heterocycles. The topological polar surface area (TPSA) is 130 Å². The summed E-state index contributed by atoms with van der Waals surface area (Å²) in [5.41, 5.74) is 11.2. The first-order chi connectivity index (χ1) is 18.3. The van der Waals surface area contributed by atoms with Gasteiger partial charge < -0.3 is 16.0 Å². The van der Waals surface area contributed by atoms with Crippen LogP contribution < -0.4 is 16.0 Å². The smallest absolute Gasteiger partial charge is 0.249 e. The molecule has 194 valence electrons. The van der Waals surface area contributed by atoms with Crippen molar-refractivity contribution < 1.29 is 9.59 Å². The lowest BCUT2D eigenvalue weighted by molar-refractivity contribution is -0.128. The average molecular weight is 510 g/mol. The molecule has 0 aliphatic carbocycles. The number of hydrogen-bond acceptors (Lipinski definition) is 6. The fraction of sp³-hybridized carbons (Fsp3) is 0.276. The monoisotopic (exact) mass is 509 g/mol. The van der Waals surface area contributed by atoms with Crippen LogP contribution in [0.3, 0.4) is 0 Å². The van der Waals surface area contributed by atoms with E-state index in [0.29, 0.717) is 25.2 Å². The molecule has 0 unspecified atom stereocenters. The Kier molecular flexibility index (Phi) is 7.02. The number of aromatic amines is 1.